The molecule has 2 saturated heterocycles. The van der Waals surface area contributed by atoms with Crippen molar-refractivity contribution in [3.05, 3.63) is 24.3 Å². The standard InChI is InChI=1S/C22H34N4O2/c1-17(2)15-24-10-7-18(16-24)23-22(27)26-12-11-25(19-8-13-28-14-9-19)20-5-3-4-6-21(20)26/h3-6,17-19H,7-16H2,1-2H3,(H,23,27). The number of para-hydroxylation sites is 2. The lowest BCUT2D eigenvalue weighted by atomic mass is 10.0. The molecule has 0 saturated carbocycles. The fourth-order valence-corrected chi connectivity index (χ4v) is 4.86. The summed E-state index contributed by atoms with van der Waals surface area (Å²) >= 11 is 0. The van der Waals surface area contributed by atoms with Gasteiger partial charge in [-0.25, -0.2) is 4.79 Å². The zero-order valence-corrected chi connectivity index (χ0v) is 17.3. The zero-order chi connectivity index (χ0) is 19.5. The van der Waals surface area contributed by atoms with E-state index in [-0.39, 0.29) is 12.1 Å². The third-order valence-electron chi connectivity index (χ3n) is 6.15. The van der Waals surface area contributed by atoms with Gasteiger partial charge in [0.05, 0.1) is 11.4 Å². The topological polar surface area (TPSA) is 48.1 Å². The molecule has 0 bridgehead atoms. The molecule has 1 N–H and O–H groups in total. The molecule has 0 aromatic heterocycles. The van der Waals surface area contributed by atoms with Gasteiger partial charge in [0.15, 0.2) is 0 Å². The summed E-state index contributed by atoms with van der Waals surface area (Å²) in [6.45, 7) is 11.0. The molecule has 0 radical (unpaired) electrons. The van der Waals surface area contributed by atoms with Crippen LogP contribution in [0.2, 0.25) is 0 Å². The molecule has 1 atom stereocenters. The van der Waals surface area contributed by atoms with Crippen LogP contribution in [0.15, 0.2) is 24.3 Å². The second kappa shape index (κ2) is 8.70. The number of anilines is 2. The first kappa shape index (κ1) is 19.5. The van der Waals surface area contributed by atoms with E-state index in [0.29, 0.717) is 12.0 Å². The van der Waals surface area contributed by atoms with Gasteiger partial charge in [-0.2, -0.15) is 0 Å². The third kappa shape index (κ3) is 4.28. The number of urea groups is 1. The highest BCUT2D eigenvalue weighted by Gasteiger charge is 2.33. The van der Waals surface area contributed by atoms with Crippen LogP contribution in [-0.2, 0) is 4.74 Å². The number of ether oxygens (including phenoxy) is 1. The lowest BCUT2D eigenvalue weighted by Gasteiger charge is -2.43. The van der Waals surface area contributed by atoms with Crippen molar-refractivity contribution in [2.75, 3.05) is 55.7 Å². The quantitative estimate of drug-likeness (QED) is 0.864. The van der Waals surface area contributed by atoms with E-state index in [1.165, 1.54) is 5.69 Å². The second-order valence-electron chi connectivity index (χ2n) is 8.77. The largest absolute Gasteiger partial charge is 0.381 e. The summed E-state index contributed by atoms with van der Waals surface area (Å²) < 4.78 is 5.54. The van der Waals surface area contributed by atoms with Gasteiger partial charge >= 0.3 is 6.03 Å². The van der Waals surface area contributed by atoms with Gasteiger partial charge in [-0.1, -0.05) is 26.0 Å². The highest BCUT2D eigenvalue weighted by Crippen LogP contribution is 2.36. The Bertz CT molecular complexity index is 674. The van der Waals surface area contributed by atoms with Crippen LogP contribution in [0.4, 0.5) is 16.2 Å². The Morgan fingerprint density at radius 2 is 1.86 bits per heavy atom. The van der Waals surface area contributed by atoms with Crippen molar-refractivity contribution >= 4 is 17.4 Å². The van der Waals surface area contributed by atoms with E-state index in [2.05, 4.69) is 47.2 Å². The van der Waals surface area contributed by atoms with Crippen LogP contribution in [0.1, 0.15) is 33.1 Å². The van der Waals surface area contributed by atoms with Crippen molar-refractivity contribution in [3.63, 3.8) is 0 Å². The van der Waals surface area contributed by atoms with Crippen molar-refractivity contribution in [3.8, 4) is 0 Å². The Kier molecular flexibility index (Phi) is 6.07. The number of likely N-dealkylation sites (tertiary alicyclic amines) is 1. The molecule has 0 spiro atoms. The van der Waals surface area contributed by atoms with Gasteiger partial charge in [0.25, 0.3) is 0 Å². The van der Waals surface area contributed by atoms with Gasteiger partial charge in [0.1, 0.15) is 0 Å². The van der Waals surface area contributed by atoms with Crippen LogP contribution in [0.5, 0.6) is 0 Å². The average molecular weight is 387 g/mol. The molecule has 6 nitrogen and oxygen atoms in total. The van der Waals surface area contributed by atoms with Gasteiger partial charge in [0.2, 0.25) is 0 Å². The van der Waals surface area contributed by atoms with Gasteiger partial charge in [-0.3, -0.25) is 4.90 Å². The smallest absolute Gasteiger partial charge is 0.322 e. The minimum absolute atomic E-state index is 0.0514. The van der Waals surface area contributed by atoms with E-state index in [0.717, 1.165) is 70.9 Å². The fourth-order valence-electron chi connectivity index (χ4n) is 4.86. The molecular weight excluding hydrogens is 352 g/mol. The van der Waals surface area contributed by atoms with Crippen LogP contribution in [0.25, 0.3) is 0 Å². The molecule has 154 valence electrons. The molecule has 3 aliphatic heterocycles. The summed E-state index contributed by atoms with van der Waals surface area (Å²) in [4.78, 5) is 20.0. The molecule has 1 aromatic carbocycles. The first-order valence-corrected chi connectivity index (χ1v) is 10.9. The van der Waals surface area contributed by atoms with E-state index in [1.807, 2.05) is 11.0 Å². The van der Waals surface area contributed by atoms with E-state index in [9.17, 15) is 4.79 Å². The summed E-state index contributed by atoms with van der Waals surface area (Å²) in [5.41, 5.74) is 2.22. The maximum Gasteiger partial charge on any atom is 0.322 e. The fraction of sp³-hybridized carbons (Fsp3) is 0.682. The Balaban J connectivity index is 1.42. The van der Waals surface area contributed by atoms with Crippen molar-refractivity contribution in [1.29, 1.82) is 0 Å². The first-order valence-electron chi connectivity index (χ1n) is 10.9. The number of nitrogens with one attached hydrogen (secondary N) is 1. The monoisotopic (exact) mass is 386 g/mol. The van der Waals surface area contributed by atoms with Crippen LogP contribution in [0.3, 0.4) is 0 Å². The summed E-state index contributed by atoms with van der Waals surface area (Å²) in [5.74, 6) is 0.666. The molecule has 3 heterocycles. The highest BCUT2D eigenvalue weighted by atomic mass is 16.5. The van der Waals surface area contributed by atoms with Crippen LogP contribution >= 0.6 is 0 Å². The first-order chi connectivity index (χ1) is 13.6. The normalized spacial score (nSPS) is 23.9. The minimum Gasteiger partial charge on any atom is -0.381 e. The second-order valence-corrected chi connectivity index (χ2v) is 8.77. The number of fused-ring (bicyclic) bond motifs is 1. The Labute approximate surface area is 168 Å². The molecular formula is C22H34N4O2. The Morgan fingerprint density at radius 1 is 1.11 bits per heavy atom. The molecule has 3 aliphatic rings. The molecule has 4 rings (SSSR count). The summed E-state index contributed by atoms with van der Waals surface area (Å²) in [5, 5.41) is 3.29. The molecule has 6 heteroatoms. The summed E-state index contributed by atoms with van der Waals surface area (Å²) in [6.07, 6.45) is 3.17. The van der Waals surface area contributed by atoms with Crippen molar-refractivity contribution in [2.45, 2.75) is 45.2 Å². The number of carbonyl (C=O) groups is 1. The number of rotatable bonds is 4. The number of carbonyl (C=O) groups excluding carboxylic acids is 1. The molecule has 2 amide bonds. The van der Waals surface area contributed by atoms with Gasteiger partial charge in [-0.05, 0) is 37.3 Å². The van der Waals surface area contributed by atoms with Gasteiger partial charge in [-0.15, -0.1) is 0 Å². The van der Waals surface area contributed by atoms with Gasteiger partial charge < -0.3 is 19.9 Å². The number of benzene rings is 1. The SMILES string of the molecule is CC(C)CN1CCC(NC(=O)N2CCN(C3CCOCC3)c3ccccc32)C1. The predicted molar refractivity (Wildman–Crippen MR) is 113 cm³/mol. The molecule has 1 unspecified atom stereocenters. The number of hydrogen-bond donors (Lipinski definition) is 1. The number of amides is 2. The zero-order valence-electron chi connectivity index (χ0n) is 17.3. The van der Waals surface area contributed by atoms with Gasteiger partial charge in [0, 0.05) is 58.0 Å². The van der Waals surface area contributed by atoms with Crippen molar-refractivity contribution in [1.82, 2.24) is 10.2 Å². The average Bonchev–Trinajstić information content (AvgIpc) is 3.13. The highest BCUT2D eigenvalue weighted by molar-refractivity contribution is 5.97. The van der Waals surface area contributed by atoms with Crippen molar-refractivity contribution < 1.29 is 9.53 Å². The lowest BCUT2D eigenvalue weighted by Crippen LogP contribution is -2.53. The molecule has 2 fully saturated rings. The van der Waals surface area contributed by atoms with Crippen LogP contribution < -0.4 is 15.1 Å². The van der Waals surface area contributed by atoms with E-state index < -0.39 is 0 Å². The number of hydrogen-bond acceptors (Lipinski definition) is 4. The maximum absolute atomic E-state index is 13.1. The summed E-state index contributed by atoms with van der Waals surface area (Å²) in [6, 6.07) is 9.17. The number of nitrogens with zero attached hydrogens (tertiary/aromatic N) is 3. The van der Waals surface area contributed by atoms with E-state index >= 15 is 0 Å². The molecule has 0 aliphatic carbocycles. The predicted octanol–water partition coefficient (Wildman–Crippen LogP) is 2.93. The Morgan fingerprint density at radius 3 is 2.61 bits per heavy atom. The summed E-state index contributed by atoms with van der Waals surface area (Å²) in [7, 11) is 0. The Hall–Kier alpha value is -1.79. The third-order valence-corrected chi connectivity index (χ3v) is 6.15. The molecule has 1 aromatic rings. The van der Waals surface area contributed by atoms with Crippen LogP contribution in [0, 0.1) is 5.92 Å². The molecule has 28 heavy (non-hydrogen) atoms. The minimum atomic E-state index is 0.0514. The van der Waals surface area contributed by atoms with Crippen LogP contribution in [-0.4, -0.2) is 69.0 Å². The lowest BCUT2D eigenvalue weighted by molar-refractivity contribution is 0.0844. The maximum atomic E-state index is 13.1. The van der Waals surface area contributed by atoms with E-state index in [4.69, 9.17) is 4.74 Å². The van der Waals surface area contributed by atoms with E-state index in [1.54, 1.807) is 0 Å². The van der Waals surface area contributed by atoms with Crippen molar-refractivity contribution in [2.24, 2.45) is 5.92 Å².